The van der Waals surface area contributed by atoms with E-state index in [1.54, 1.807) is 0 Å². The monoisotopic (exact) mass is 229 g/mol. The number of rotatable bonds is 6. The van der Waals surface area contributed by atoms with Crippen molar-refractivity contribution < 1.29 is 14.6 Å². The predicted molar refractivity (Wildman–Crippen MR) is 62.5 cm³/mol. The molecule has 2 atom stereocenters. The Morgan fingerprint density at radius 2 is 2.25 bits per heavy atom. The van der Waals surface area contributed by atoms with Crippen molar-refractivity contribution >= 4 is 5.97 Å². The van der Waals surface area contributed by atoms with Crippen LogP contribution < -0.4 is 0 Å². The average Bonchev–Trinajstić information content (AvgIpc) is 2.68. The molecule has 1 saturated heterocycles. The fourth-order valence-electron chi connectivity index (χ4n) is 2.35. The first-order chi connectivity index (χ1) is 7.56. The number of likely N-dealkylation sites (N-methyl/N-ethyl adjacent to an activating group) is 1. The first-order valence-corrected chi connectivity index (χ1v) is 6.14. The Bertz CT molecular complexity index is 224. The molecule has 0 radical (unpaired) electrons. The molecule has 2 unspecified atom stereocenters. The maximum Gasteiger partial charge on any atom is 0.321 e. The molecule has 1 rings (SSSR count). The molecule has 4 heteroatoms. The van der Waals surface area contributed by atoms with Gasteiger partial charge in [-0.25, -0.2) is 0 Å². The number of nitrogens with zero attached hydrogens (tertiary/aromatic N) is 1. The van der Waals surface area contributed by atoms with Gasteiger partial charge in [-0.15, -0.1) is 0 Å². The Morgan fingerprint density at radius 3 is 2.62 bits per heavy atom. The van der Waals surface area contributed by atoms with Crippen LogP contribution in [-0.2, 0) is 9.53 Å². The van der Waals surface area contributed by atoms with Crippen LogP contribution in [0, 0.1) is 5.92 Å². The highest BCUT2D eigenvalue weighted by Crippen LogP contribution is 2.17. The molecule has 1 aliphatic heterocycles. The van der Waals surface area contributed by atoms with Gasteiger partial charge in [-0.2, -0.15) is 0 Å². The summed E-state index contributed by atoms with van der Waals surface area (Å²) in [6, 6.07) is -0.394. The Kier molecular flexibility index (Phi) is 5.22. The lowest BCUT2D eigenvalue weighted by molar-refractivity contribution is -0.145. The van der Waals surface area contributed by atoms with Crippen LogP contribution >= 0.6 is 0 Å². The van der Waals surface area contributed by atoms with Crippen LogP contribution in [0.2, 0.25) is 0 Å². The summed E-state index contributed by atoms with van der Waals surface area (Å²) in [4.78, 5) is 13.2. The molecule has 0 aromatic carbocycles. The summed E-state index contributed by atoms with van der Waals surface area (Å²) in [6.07, 6.45) is 2.38. The first-order valence-electron chi connectivity index (χ1n) is 6.14. The van der Waals surface area contributed by atoms with Crippen molar-refractivity contribution in [1.29, 1.82) is 0 Å². The van der Waals surface area contributed by atoms with Gasteiger partial charge in [0.25, 0.3) is 0 Å². The van der Waals surface area contributed by atoms with Crippen LogP contribution in [0.1, 0.15) is 33.6 Å². The molecule has 94 valence electrons. The van der Waals surface area contributed by atoms with Gasteiger partial charge in [0.15, 0.2) is 0 Å². The number of ether oxygens (including phenoxy) is 1. The van der Waals surface area contributed by atoms with E-state index >= 15 is 0 Å². The van der Waals surface area contributed by atoms with Gasteiger partial charge in [-0.3, -0.25) is 9.69 Å². The zero-order valence-corrected chi connectivity index (χ0v) is 10.5. The van der Waals surface area contributed by atoms with Crippen molar-refractivity contribution in [3.05, 3.63) is 0 Å². The van der Waals surface area contributed by atoms with E-state index in [4.69, 9.17) is 4.74 Å². The minimum atomic E-state index is -0.727. The van der Waals surface area contributed by atoms with Crippen molar-refractivity contribution in [2.75, 3.05) is 19.7 Å². The zero-order valence-electron chi connectivity index (χ0n) is 10.5. The van der Waals surface area contributed by atoms with Crippen LogP contribution in [0.3, 0.4) is 0 Å². The Balaban J connectivity index is 2.58. The molecule has 1 heterocycles. The third-order valence-corrected chi connectivity index (χ3v) is 3.15. The summed E-state index contributed by atoms with van der Waals surface area (Å²) in [7, 11) is 0. The second-order valence-electron chi connectivity index (χ2n) is 4.75. The molecule has 0 aromatic rings. The quantitative estimate of drug-likeness (QED) is 0.751. The molecule has 0 saturated carbocycles. The van der Waals surface area contributed by atoms with Gasteiger partial charge in [0.2, 0.25) is 0 Å². The predicted octanol–water partition coefficient (Wildman–Crippen LogP) is 1.60. The number of carboxylic acids is 1. The Hall–Kier alpha value is -0.610. The molecular formula is C12H23NO3. The second-order valence-corrected chi connectivity index (χ2v) is 4.75. The van der Waals surface area contributed by atoms with Crippen molar-refractivity contribution in [2.24, 2.45) is 5.92 Å². The van der Waals surface area contributed by atoms with Crippen molar-refractivity contribution in [1.82, 2.24) is 4.90 Å². The fraction of sp³-hybridized carbons (Fsp3) is 0.917. The van der Waals surface area contributed by atoms with Crippen LogP contribution in [0.15, 0.2) is 0 Å². The van der Waals surface area contributed by atoms with Gasteiger partial charge in [0.1, 0.15) is 6.04 Å². The number of hydrogen-bond acceptors (Lipinski definition) is 3. The molecule has 0 spiro atoms. The third kappa shape index (κ3) is 3.46. The highest BCUT2D eigenvalue weighted by atomic mass is 16.5. The first kappa shape index (κ1) is 13.5. The van der Waals surface area contributed by atoms with Crippen molar-refractivity contribution in [3.63, 3.8) is 0 Å². The minimum Gasteiger partial charge on any atom is -0.480 e. The zero-order chi connectivity index (χ0) is 12.1. The molecule has 0 amide bonds. The highest BCUT2D eigenvalue weighted by Gasteiger charge is 2.30. The van der Waals surface area contributed by atoms with Crippen LogP contribution in [0.4, 0.5) is 0 Å². The SMILES string of the molecule is CCN(CC1CCCO1)C(C(=O)O)C(C)C. The molecule has 4 nitrogen and oxygen atoms in total. The van der Waals surface area contributed by atoms with E-state index in [2.05, 4.69) is 0 Å². The molecular weight excluding hydrogens is 206 g/mol. The second kappa shape index (κ2) is 6.21. The van der Waals surface area contributed by atoms with Gasteiger partial charge in [-0.05, 0) is 25.3 Å². The molecule has 1 N–H and O–H groups in total. The number of aliphatic carboxylic acids is 1. The van der Waals surface area contributed by atoms with E-state index in [-0.39, 0.29) is 12.0 Å². The topological polar surface area (TPSA) is 49.8 Å². The highest BCUT2D eigenvalue weighted by molar-refractivity contribution is 5.73. The lowest BCUT2D eigenvalue weighted by Crippen LogP contribution is -2.47. The summed E-state index contributed by atoms with van der Waals surface area (Å²) in [5.41, 5.74) is 0. The Morgan fingerprint density at radius 1 is 1.56 bits per heavy atom. The largest absolute Gasteiger partial charge is 0.480 e. The van der Waals surface area contributed by atoms with Gasteiger partial charge in [-0.1, -0.05) is 20.8 Å². The molecule has 0 aromatic heterocycles. The van der Waals surface area contributed by atoms with Crippen LogP contribution in [0.5, 0.6) is 0 Å². The molecule has 16 heavy (non-hydrogen) atoms. The van der Waals surface area contributed by atoms with E-state index in [1.165, 1.54) is 0 Å². The van der Waals surface area contributed by atoms with Gasteiger partial charge < -0.3 is 9.84 Å². The summed E-state index contributed by atoms with van der Waals surface area (Å²) in [5, 5.41) is 9.24. The van der Waals surface area contributed by atoms with Gasteiger partial charge in [0.05, 0.1) is 6.10 Å². The standard InChI is InChI=1S/C12H23NO3/c1-4-13(8-10-6-5-7-16-10)11(9(2)3)12(14)15/h9-11H,4-8H2,1-3H3,(H,14,15). The summed E-state index contributed by atoms with van der Waals surface area (Å²) < 4.78 is 5.56. The maximum atomic E-state index is 11.2. The lowest BCUT2D eigenvalue weighted by Gasteiger charge is -2.31. The Labute approximate surface area is 97.6 Å². The van der Waals surface area contributed by atoms with Gasteiger partial charge >= 0.3 is 5.97 Å². The average molecular weight is 229 g/mol. The maximum absolute atomic E-state index is 11.2. The summed E-state index contributed by atoms with van der Waals surface area (Å²) >= 11 is 0. The number of carbonyl (C=O) groups is 1. The summed E-state index contributed by atoms with van der Waals surface area (Å²) in [6.45, 7) is 8.24. The smallest absolute Gasteiger partial charge is 0.321 e. The lowest BCUT2D eigenvalue weighted by atomic mass is 10.0. The van der Waals surface area contributed by atoms with E-state index in [0.717, 1.165) is 32.5 Å². The third-order valence-electron chi connectivity index (χ3n) is 3.15. The van der Waals surface area contributed by atoms with E-state index in [9.17, 15) is 9.90 Å². The number of carboxylic acid groups (broad SMARTS) is 1. The summed E-state index contributed by atoms with van der Waals surface area (Å²) in [5.74, 6) is -0.603. The van der Waals surface area contributed by atoms with E-state index in [0.29, 0.717) is 0 Å². The normalized spacial score (nSPS) is 22.9. The molecule has 0 bridgehead atoms. The minimum absolute atomic E-state index is 0.124. The van der Waals surface area contributed by atoms with Crippen molar-refractivity contribution in [3.8, 4) is 0 Å². The van der Waals surface area contributed by atoms with Gasteiger partial charge in [0, 0.05) is 13.2 Å². The molecule has 1 fully saturated rings. The molecule has 1 aliphatic rings. The van der Waals surface area contributed by atoms with E-state index < -0.39 is 12.0 Å². The number of hydrogen-bond donors (Lipinski definition) is 1. The fourth-order valence-corrected chi connectivity index (χ4v) is 2.35. The van der Waals surface area contributed by atoms with E-state index in [1.807, 2.05) is 25.7 Å². The van der Waals surface area contributed by atoms with Crippen molar-refractivity contribution in [2.45, 2.75) is 45.8 Å². The van der Waals surface area contributed by atoms with Crippen LogP contribution in [-0.4, -0.2) is 47.8 Å². The molecule has 0 aliphatic carbocycles. The van der Waals surface area contributed by atoms with Crippen LogP contribution in [0.25, 0.3) is 0 Å².